The van der Waals surface area contributed by atoms with Crippen LogP contribution in [0.2, 0.25) is 0 Å². The summed E-state index contributed by atoms with van der Waals surface area (Å²) in [6.07, 6.45) is 0. The number of anilines is 1. The first-order valence-corrected chi connectivity index (χ1v) is 9.52. The molecule has 0 bridgehead atoms. The average Bonchev–Trinajstić information content (AvgIpc) is 2.65. The fraction of sp³-hybridized carbons (Fsp3) is 0.600. The van der Waals surface area contributed by atoms with Gasteiger partial charge in [0, 0.05) is 30.9 Å². The molecular formula is C20H32N4O3. The van der Waals surface area contributed by atoms with Crippen molar-refractivity contribution in [2.75, 3.05) is 38.2 Å². The molecule has 0 aliphatic carbocycles. The molecule has 1 aromatic rings. The molecule has 2 rings (SSSR count). The third-order valence-corrected chi connectivity index (χ3v) is 4.83. The molecule has 1 aromatic carbocycles. The number of hydrogen-bond donors (Lipinski definition) is 3. The molecule has 0 spiro atoms. The summed E-state index contributed by atoms with van der Waals surface area (Å²) < 4.78 is 5.40. The van der Waals surface area contributed by atoms with Gasteiger partial charge in [0.15, 0.2) is 0 Å². The minimum Gasteiger partial charge on any atom is -0.379 e. The smallest absolute Gasteiger partial charge is 0.319 e. The molecule has 27 heavy (non-hydrogen) atoms. The van der Waals surface area contributed by atoms with Crippen LogP contribution in [-0.4, -0.2) is 61.3 Å². The number of morpholine rings is 1. The molecule has 1 aliphatic heterocycles. The number of carbonyl (C=O) groups excluding carboxylic acids is 2. The summed E-state index contributed by atoms with van der Waals surface area (Å²) in [5, 5.41) is 8.55. The monoisotopic (exact) mass is 376 g/mol. The summed E-state index contributed by atoms with van der Waals surface area (Å²) in [6, 6.07) is 8.18. The predicted octanol–water partition coefficient (Wildman–Crippen LogP) is 2.06. The van der Waals surface area contributed by atoms with Crippen molar-refractivity contribution >= 4 is 17.6 Å². The molecule has 1 heterocycles. The summed E-state index contributed by atoms with van der Waals surface area (Å²) in [6.45, 7) is 11.7. The van der Waals surface area contributed by atoms with Gasteiger partial charge in [-0.1, -0.05) is 32.0 Å². The van der Waals surface area contributed by atoms with Crippen molar-refractivity contribution in [1.82, 2.24) is 15.5 Å². The Bertz CT molecular complexity index is 613. The normalized spacial score (nSPS) is 16.6. The zero-order valence-electron chi connectivity index (χ0n) is 16.7. The maximum atomic E-state index is 12.7. The van der Waals surface area contributed by atoms with E-state index in [0.717, 1.165) is 13.1 Å². The number of para-hydroxylation sites is 1. The van der Waals surface area contributed by atoms with Crippen molar-refractivity contribution in [3.63, 3.8) is 0 Å². The summed E-state index contributed by atoms with van der Waals surface area (Å²) in [7, 11) is 0. The van der Waals surface area contributed by atoms with Gasteiger partial charge in [-0.05, 0) is 31.9 Å². The Hall–Kier alpha value is -2.12. The van der Waals surface area contributed by atoms with Crippen molar-refractivity contribution in [3.05, 3.63) is 30.3 Å². The number of nitrogens with zero attached hydrogens (tertiary/aromatic N) is 1. The van der Waals surface area contributed by atoms with Gasteiger partial charge in [0.1, 0.15) is 6.04 Å². The van der Waals surface area contributed by atoms with Crippen LogP contribution in [0.3, 0.4) is 0 Å². The summed E-state index contributed by atoms with van der Waals surface area (Å²) >= 11 is 0. The van der Waals surface area contributed by atoms with E-state index in [-0.39, 0.29) is 23.4 Å². The van der Waals surface area contributed by atoms with Crippen molar-refractivity contribution in [3.8, 4) is 0 Å². The number of nitrogens with one attached hydrogen (secondary N) is 3. The van der Waals surface area contributed by atoms with Gasteiger partial charge >= 0.3 is 6.03 Å². The molecule has 7 heteroatoms. The van der Waals surface area contributed by atoms with Crippen molar-refractivity contribution in [1.29, 1.82) is 0 Å². The van der Waals surface area contributed by atoms with Gasteiger partial charge in [-0.2, -0.15) is 0 Å². The standard InChI is InChI=1S/C20H32N4O3/c1-15(2)17(23-19(26)22-16-8-6-5-7-9-16)18(25)21-14-20(3,4)24-10-12-27-13-11-24/h5-9,15,17H,10-14H2,1-4H3,(H,21,25)(H2,22,23,26). The highest BCUT2D eigenvalue weighted by Gasteiger charge is 2.31. The lowest BCUT2D eigenvalue weighted by Crippen LogP contribution is -2.58. The topological polar surface area (TPSA) is 82.7 Å². The molecule has 7 nitrogen and oxygen atoms in total. The third kappa shape index (κ3) is 6.52. The van der Waals surface area contributed by atoms with Crippen molar-refractivity contribution in [2.45, 2.75) is 39.3 Å². The Morgan fingerprint density at radius 1 is 1.15 bits per heavy atom. The van der Waals surface area contributed by atoms with Gasteiger partial charge in [-0.15, -0.1) is 0 Å². The Labute approximate surface area is 161 Å². The molecule has 1 atom stereocenters. The molecule has 3 N–H and O–H groups in total. The third-order valence-electron chi connectivity index (χ3n) is 4.83. The molecule has 1 saturated heterocycles. The van der Waals surface area contributed by atoms with Crippen LogP contribution in [0.1, 0.15) is 27.7 Å². The number of carbonyl (C=O) groups is 2. The van der Waals surface area contributed by atoms with E-state index in [1.165, 1.54) is 0 Å². The number of urea groups is 1. The SMILES string of the molecule is CC(C)C(NC(=O)Nc1ccccc1)C(=O)NCC(C)(C)N1CCOCC1. The van der Waals surface area contributed by atoms with E-state index in [0.29, 0.717) is 25.4 Å². The minimum atomic E-state index is -0.603. The maximum absolute atomic E-state index is 12.7. The molecule has 1 aliphatic rings. The molecule has 150 valence electrons. The Kier molecular flexibility index (Phi) is 7.62. The lowest BCUT2D eigenvalue weighted by atomic mass is 10.00. The van der Waals surface area contributed by atoms with Crippen LogP contribution >= 0.6 is 0 Å². The highest BCUT2D eigenvalue weighted by Crippen LogP contribution is 2.15. The number of hydrogen-bond acceptors (Lipinski definition) is 4. The number of amides is 3. The lowest BCUT2D eigenvalue weighted by Gasteiger charge is -2.41. The Morgan fingerprint density at radius 2 is 1.78 bits per heavy atom. The second kappa shape index (κ2) is 9.71. The Morgan fingerprint density at radius 3 is 2.37 bits per heavy atom. The first-order valence-electron chi connectivity index (χ1n) is 9.52. The molecule has 1 unspecified atom stereocenters. The highest BCUT2D eigenvalue weighted by atomic mass is 16.5. The number of rotatable bonds is 7. The average molecular weight is 377 g/mol. The fourth-order valence-corrected chi connectivity index (χ4v) is 3.06. The lowest BCUT2D eigenvalue weighted by molar-refractivity contribution is -0.124. The summed E-state index contributed by atoms with van der Waals surface area (Å²) in [4.78, 5) is 27.3. The predicted molar refractivity (Wildman–Crippen MR) is 107 cm³/mol. The van der Waals surface area contributed by atoms with E-state index < -0.39 is 6.04 Å². The molecule has 1 fully saturated rings. The second-order valence-electron chi connectivity index (χ2n) is 7.82. The van der Waals surface area contributed by atoms with Crippen LogP contribution in [0.4, 0.5) is 10.5 Å². The van der Waals surface area contributed by atoms with Crippen molar-refractivity contribution in [2.24, 2.45) is 5.92 Å². The van der Waals surface area contributed by atoms with Gasteiger partial charge < -0.3 is 20.7 Å². The molecule has 0 saturated carbocycles. The number of benzene rings is 1. The van der Waals surface area contributed by atoms with E-state index >= 15 is 0 Å². The van der Waals surface area contributed by atoms with Crippen LogP contribution in [0.25, 0.3) is 0 Å². The van der Waals surface area contributed by atoms with Gasteiger partial charge in [0.05, 0.1) is 13.2 Å². The quantitative estimate of drug-likeness (QED) is 0.680. The first kappa shape index (κ1) is 21.2. The van der Waals surface area contributed by atoms with E-state index in [2.05, 4.69) is 34.7 Å². The van der Waals surface area contributed by atoms with Crippen LogP contribution in [0.15, 0.2) is 30.3 Å². The first-order chi connectivity index (χ1) is 12.8. The summed E-state index contributed by atoms with van der Waals surface area (Å²) in [5.41, 5.74) is 0.513. The molecule has 3 amide bonds. The largest absolute Gasteiger partial charge is 0.379 e. The molecule has 0 radical (unpaired) electrons. The van der Waals surface area contributed by atoms with E-state index in [4.69, 9.17) is 4.74 Å². The van der Waals surface area contributed by atoms with Crippen LogP contribution in [-0.2, 0) is 9.53 Å². The van der Waals surface area contributed by atoms with Gasteiger partial charge in [-0.25, -0.2) is 4.79 Å². The minimum absolute atomic E-state index is 0.0296. The highest BCUT2D eigenvalue weighted by molar-refractivity contribution is 5.93. The van der Waals surface area contributed by atoms with E-state index in [1.807, 2.05) is 32.0 Å². The fourth-order valence-electron chi connectivity index (χ4n) is 3.06. The van der Waals surface area contributed by atoms with E-state index in [1.54, 1.807) is 12.1 Å². The van der Waals surface area contributed by atoms with Crippen LogP contribution in [0, 0.1) is 5.92 Å². The van der Waals surface area contributed by atoms with Crippen LogP contribution in [0.5, 0.6) is 0 Å². The van der Waals surface area contributed by atoms with Crippen LogP contribution < -0.4 is 16.0 Å². The Balaban J connectivity index is 1.89. The molecular weight excluding hydrogens is 344 g/mol. The van der Waals surface area contributed by atoms with Gasteiger partial charge in [0.2, 0.25) is 5.91 Å². The van der Waals surface area contributed by atoms with E-state index in [9.17, 15) is 9.59 Å². The zero-order valence-corrected chi connectivity index (χ0v) is 16.7. The number of ether oxygens (including phenoxy) is 1. The van der Waals surface area contributed by atoms with Gasteiger partial charge in [0.25, 0.3) is 0 Å². The summed E-state index contributed by atoms with van der Waals surface area (Å²) in [5.74, 6) is -0.201. The van der Waals surface area contributed by atoms with Crippen molar-refractivity contribution < 1.29 is 14.3 Å². The molecule has 0 aromatic heterocycles. The second-order valence-corrected chi connectivity index (χ2v) is 7.82. The zero-order chi connectivity index (χ0) is 19.9. The maximum Gasteiger partial charge on any atom is 0.319 e. The van der Waals surface area contributed by atoms with Gasteiger partial charge in [-0.3, -0.25) is 9.69 Å².